The van der Waals surface area contributed by atoms with Crippen molar-refractivity contribution in [2.24, 2.45) is 0 Å². The maximum Gasteiger partial charge on any atom is 0.251 e. The number of benzene rings is 1. The number of amides is 1. The molecule has 0 saturated heterocycles. The number of halogens is 2. The second-order valence-electron chi connectivity index (χ2n) is 6.07. The van der Waals surface area contributed by atoms with Crippen molar-refractivity contribution in [2.45, 2.75) is 24.4 Å². The molecule has 0 unspecified atom stereocenters. The third-order valence-electron chi connectivity index (χ3n) is 3.86. The lowest BCUT2D eigenvalue weighted by molar-refractivity contribution is -0.122. The number of hydrogen-bond donors (Lipinski definition) is 1. The molecule has 1 N–H and O–H groups in total. The first-order chi connectivity index (χ1) is 12.5. The van der Waals surface area contributed by atoms with Crippen LogP contribution in [0, 0.1) is 11.6 Å². The van der Waals surface area contributed by atoms with Crippen molar-refractivity contribution in [3.8, 4) is 0 Å². The molecule has 27 heavy (non-hydrogen) atoms. The topological polar surface area (TPSA) is 88.5 Å². The fraction of sp³-hybridized carbons (Fsp3) is 0.294. The standard InChI is InChI=1S/C17H19F2N3O4S/c1-11(14-6-4-12(18)8-15(14)19)20-16(23)10-22-9-13(5-7-17(22)24)27(25,26)21(2)3/h4-9,11H,10H2,1-3H3,(H,20,23)/t11-/m1/s1. The van der Waals surface area contributed by atoms with Gasteiger partial charge in [0.05, 0.1) is 10.9 Å². The van der Waals surface area contributed by atoms with Crippen LogP contribution < -0.4 is 10.9 Å². The molecule has 0 aliphatic rings. The van der Waals surface area contributed by atoms with E-state index in [1.807, 2.05) is 0 Å². The molecule has 10 heteroatoms. The molecule has 1 amide bonds. The highest BCUT2D eigenvalue weighted by atomic mass is 32.2. The van der Waals surface area contributed by atoms with Crippen LogP contribution >= 0.6 is 0 Å². The minimum atomic E-state index is -3.77. The van der Waals surface area contributed by atoms with E-state index in [2.05, 4.69) is 5.32 Å². The lowest BCUT2D eigenvalue weighted by atomic mass is 10.1. The molecule has 0 aliphatic carbocycles. The number of hydrogen-bond acceptors (Lipinski definition) is 4. The smallest absolute Gasteiger partial charge is 0.251 e. The van der Waals surface area contributed by atoms with Gasteiger partial charge in [-0.05, 0) is 19.1 Å². The molecule has 2 rings (SSSR count). The first kappa shape index (κ1) is 20.7. The van der Waals surface area contributed by atoms with Crippen molar-refractivity contribution < 1.29 is 22.0 Å². The van der Waals surface area contributed by atoms with Crippen LogP contribution in [0.2, 0.25) is 0 Å². The number of nitrogens with zero attached hydrogens (tertiary/aromatic N) is 2. The summed E-state index contributed by atoms with van der Waals surface area (Å²) in [6.07, 6.45) is 1.07. The Morgan fingerprint density at radius 1 is 1.22 bits per heavy atom. The molecule has 0 radical (unpaired) electrons. The van der Waals surface area contributed by atoms with Gasteiger partial charge in [-0.25, -0.2) is 21.5 Å². The highest BCUT2D eigenvalue weighted by Gasteiger charge is 2.19. The minimum Gasteiger partial charge on any atom is -0.348 e. The van der Waals surface area contributed by atoms with Gasteiger partial charge in [-0.3, -0.25) is 9.59 Å². The molecule has 0 aliphatic heterocycles. The fourth-order valence-electron chi connectivity index (χ4n) is 2.37. The molecule has 0 saturated carbocycles. The first-order valence-electron chi connectivity index (χ1n) is 7.89. The van der Waals surface area contributed by atoms with Crippen LogP contribution in [0.5, 0.6) is 0 Å². The third-order valence-corrected chi connectivity index (χ3v) is 5.65. The predicted molar refractivity (Wildman–Crippen MR) is 94.5 cm³/mol. The molecule has 1 aromatic carbocycles. The van der Waals surface area contributed by atoms with Crippen molar-refractivity contribution >= 4 is 15.9 Å². The minimum absolute atomic E-state index is 0.0843. The molecule has 146 valence electrons. The van der Waals surface area contributed by atoms with E-state index in [4.69, 9.17) is 0 Å². The van der Waals surface area contributed by atoms with E-state index in [9.17, 15) is 26.8 Å². The summed E-state index contributed by atoms with van der Waals surface area (Å²) in [5.41, 5.74) is -0.482. The van der Waals surface area contributed by atoms with Crippen LogP contribution in [-0.2, 0) is 21.4 Å². The van der Waals surface area contributed by atoms with Gasteiger partial charge in [0.2, 0.25) is 15.9 Å². The monoisotopic (exact) mass is 399 g/mol. The van der Waals surface area contributed by atoms with E-state index in [1.165, 1.54) is 27.1 Å². The Morgan fingerprint density at radius 3 is 2.48 bits per heavy atom. The average Bonchev–Trinajstić information content (AvgIpc) is 2.56. The maximum absolute atomic E-state index is 13.8. The van der Waals surface area contributed by atoms with Gasteiger partial charge in [-0.2, -0.15) is 0 Å². The molecule has 2 aromatic rings. The molecule has 1 atom stereocenters. The van der Waals surface area contributed by atoms with Gasteiger partial charge in [0.15, 0.2) is 0 Å². The van der Waals surface area contributed by atoms with Gasteiger partial charge in [0.25, 0.3) is 5.56 Å². The van der Waals surface area contributed by atoms with Crippen LogP contribution in [0.15, 0.2) is 46.2 Å². The second-order valence-corrected chi connectivity index (χ2v) is 8.23. The maximum atomic E-state index is 13.8. The molecule has 7 nitrogen and oxygen atoms in total. The summed E-state index contributed by atoms with van der Waals surface area (Å²) in [5, 5.41) is 2.49. The van der Waals surface area contributed by atoms with E-state index in [0.717, 1.165) is 33.3 Å². The SMILES string of the molecule is C[C@@H](NC(=O)Cn1cc(S(=O)(=O)N(C)C)ccc1=O)c1ccc(F)cc1F. The van der Waals surface area contributed by atoms with E-state index < -0.39 is 45.7 Å². The predicted octanol–water partition coefficient (Wildman–Crippen LogP) is 1.25. The summed E-state index contributed by atoms with van der Waals surface area (Å²) in [6, 6.07) is 4.42. The largest absolute Gasteiger partial charge is 0.348 e. The highest BCUT2D eigenvalue weighted by molar-refractivity contribution is 7.89. The van der Waals surface area contributed by atoms with Crippen LogP contribution in [0.3, 0.4) is 0 Å². The van der Waals surface area contributed by atoms with E-state index in [0.29, 0.717) is 6.07 Å². The summed E-state index contributed by atoms with van der Waals surface area (Å²) in [5.74, 6) is -2.17. The first-order valence-corrected chi connectivity index (χ1v) is 9.33. The Kier molecular flexibility index (Phi) is 6.11. The molecular formula is C17H19F2N3O4S. The second kappa shape index (κ2) is 7.97. The number of pyridine rings is 1. The van der Waals surface area contributed by atoms with Gasteiger partial charge in [-0.15, -0.1) is 0 Å². The molecule has 1 aromatic heterocycles. The average molecular weight is 399 g/mol. The Morgan fingerprint density at radius 2 is 1.89 bits per heavy atom. The molecule has 0 bridgehead atoms. The summed E-state index contributed by atoms with van der Waals surface area (Å²) >= 11 is 0. The van der Waals surface area contributed by atoms with E-state index in [-0.39, 0.29) is 10.5 Å². The van der Waals surface area contributed by atoms with E-state index >= 15 is 0 Å². The van der Waals surface area contributed by atoms with Crippen LogP contribution in [0.4, 0.5) is 8.78 Å². The van der Waals surface area contributed by atoms with Gasteiger partial charge < -0.3 is 9.88 Å². The Bertz CT molecular complexity index is 1020. The fourth-order valence-corrected chi connectivity index (χ4v) is 3.29. The van der Waals surface area contributed by atoms with Gasteiger partial charge >= 0.3 is 0 Å². The summed E-state index contributed by atoms with van der Waals surface area (Å²) in [4.78, 5) is 24.0. The van der Waals surface area contributed by atoms with Crippen molar-refractivity contribution in [3.05, 3.63) is 64.1 Å². The number of rotatable bonds is 6. The lowest BCUT2D eigenvalue weighted by Crippen LogP contribution is -2.34. The normalized spacial score (nSPS) is 12.8. The number of aromatic nitrogens is 1. The van der Waals surface area contributed by atoms with Crippen LogP contribution in [0.1, 0.15) is 18.5 Å². The molecule has 0 fully saturated rings. The summed E-state index contributed by atoms with van der Waals surface area (Å²) in [6.45, 7) is 1.05. The van der Waals surface area contributed by atoms with Crippen molar-refractivity contribution in [2.75, 3.05) is 14.1 Å². The number of nitrogens with one attached hydrogen (secondary N) is 1. The van der Waals surface area contributed by atoms with Crippen molar-refractivity contribution in [1.29, 1.82) is 0 Å². The Hall–Kier alpha value is -2.59. The highest BCUT2D eigenvalue weighted by Crippen LogP contribution is 2.17. The lowest BCUT2D eigenvalue weighted by Gasteiger charge is -2.16. The molecule has 1 heterocycles. The van der Waals surface area contributed by atoms with Crippen molar-refractivity contribution in [1.82, 2.24) is 14.2 Å². The Balaban J connectivity index is 2.19. The Labute approximate surface area is 155 Å². The third kappa shape index (κ3) is 4.77. The number of carbonyl (C=O) groups excluding carboxylic acids is 1. The molecule has 0 spiro atoms. The van der Waals surface area contributed by atoms with Gasteiger partial charge in [-0.1, -0.05) is 6.07 Å². The summed E-state index contributed by atoms with van der Waals surface area (Å²) < 4.78 is 53.0. The van der Waals surface area contributed by atoms with Gasteiger partial charge in [0.1, 0.15) is 18.2 Å². The van der Waals surface area contributed by atoms with Crippen LogP contribution in [0.25, 0.3) is 0 Å². The van der Waals surface area contributed by atoms with E-state index in [1.54, 1.807) is 0 Å². The zero-order chi connectivity index (χ0) is 20.4. The summed E-state index contributed by atoms with van der Waals surface area (Å²) in [7, 11) is -1.08. The van der Waals surface area contributed by atoms with Gasteiger partial charge in [0, 0.05) is 38.0 Å². The van der Waals surface area contributed by atoms with Crippen molar-refractivity contribution in [3.63, 3.8) is 0 Å². The van der Waals surface area contributed by atoms with Crippen LogP contribution in [-0.4, -0.2) is 37.3 Å². The molecular weight excluding hydrogens is 380 g/mol. The number of carbonyl (C=O) groups is 1. The zero-order valence-electron chi connectivity index (χ0n) is 14.9. The quantitative estimate of drug-likeness (QED) is 0.792. The number of sulfonamides is 1. The zero-order valence-corrected chi connectivity index (χ0v) is 15.8.